The normalized spacial score (nSPS) is 10.2. The number of anilines is 1. The lowest BCUT2D eigenvalue weighted by atomic mass is 10.1. The molecule has 0 heterocycles. The van der Waals surface area contributed by atoms with Crippen molar-refractivity contribution in [1.29, 1.82) is 0 Å². The van der Waals surface area contributed by atoms with E-state index >= 15 is 0 Å². The highest BCUT2D eigenvalue weighted by Gasteiger charge is 2.04. The molecule has 0 aromatic heterocycles. The van der Waals surface area contributed by atoms with Gasteiger partial charge in [-0.1, -0.05) is 24.9 Å². The minimum absolute atomic E-state index is 0.793. The monoisotopic (exact) mass is 295 g/mol. The third-order valence-corrected chi connectivity index (χ3v) is 2.65. The summed E-state index contributed by atoms with van der Waals surface area (Å²) in [6, 6.07) is 3.90. The number of hydrogen-bond acceptors (Lipinski definition) is 1. The van der Waals surface area contributed by atoms with Crippen LogP contribution in [0.4, 0.5) is 5.69 Å². The molecule has 1 aromatic rings. The van der Waals surface area contributed by atoms with Crippen molar-refractivity contribution in [2.45, 2.75) is 19.8 Å². The predicted octanol–water partition coefficient (Wildman–Crippen LogP) is 3.48. The summed E-state index contributed by atoms with van der Waals surface area (Å²) in [6.45, 7) is 2.12. The number of nitrogen functional groups attached to an aromatic ring is 1. The Morgan fingerprint density at radius 2 is 2.17 bits per heavy atom. The lowest BCUT2D eigenvalue weighted by molar-refractivity contribution is 0.924. The maximum absolute atomic E-state index is 6.03. The molecular weight excluding hydrogens is 284 g/mol. The minimum Gasteiger partial charge on any atom is -0.398 e. The molecular formula is C9H11ClIN. The van der Waals surface area contributed by atoms with Crippen molar-refractivity contribution in [2.24, 2.45) is 0 Å². The quantitative estimate of drug-likeness (QED) is 0.656. The molecule has 1 rings (SSSR count). The van der Waals surface area contributed by atoms with Crippen LogP contribution in [0.3, 0.4) is 0 Å². The van der Waals surface area contributed by atoms with Crippen LogP contribution >= 0.6 is 34.2 Å². The van der Waals surface area contributed by atoms with Gasteiger partial charge in [0.05, 0.1) is 0 Å². The van der Waals surface area contributed by atoms with Crippen LogP contribution in [-0.4, -0.2) is 0 Å². The standard InChI is InChI=1S/C9H11ClIN/c1-2-3-7-8(10)4-6(11)5-9(7)12/h4-5H,2-3,12H2,1H3. The third kappa shape index (κ3) is 2.26. The van der Waals surface area contributed by atoms with Gasteiger partial charge < -0.3 is 5.73 Å². The number of halogens is 2. The molecule has 0 bridgehead atoms. The topological polar surface area (TPSA) is 26.0 Å². The average Bonchev–Trinajstić information content (AvgIpc) is 1.96. The molecule has 0 fully saturated rings. The van der Waals surface area contributed by atoms with Gasteiger partial charge in [0, 0.05) is 14.3 Å². The van der Waals surface area contributed by atoms with Gasteiger partial charge >= 0.3 is 0 Å². The minimum atomic E-state index is 0.793. The zero-order valence-electron chi connectivity index (χ0n) is 6.90. The van der Waals surface area contributed by atoms with E-state index in [0.717, 1.165) is 32.7 Å². The number of hydrogen-bond donors (Lipinski definition) is 1. The first-order valence-corrected chi connectivity index (χ1v) is 5.34. The summed E-state index contributed by atoms with van der Waals surface area (Å²) in [5.41, 5.74) is 7.72. The van der Waals surface area contributed by atoms with Gasteiger partial charge in [0.2, 0.25) is 0 Å². The molecule has 0 aliphatic rings. The fraction of sp³-hybridized carbons (Fsp3) is 0.333. The average molecular weight is 296 g/mol. The van der Waals surface area contributed by atoms with Crippen molar-refractivity contribution in [1.82, 2.24) is 0 Å². The first kappa shape index (κ1) is 10.1. The van der Waals surface area contributed by atoms with Crippen molar-refractivity contribution >= 4 is 39.9 Å². The van der Waals surface area contributed by atoms with Gasteiger partial charge in [-0.15, -0.1) is 0 Å². The van der Waals surface area contributed by atoms with Crippen molar-refractivity contribution in [3.63, 3.8) is 0 Å². The molecule has 3 heteroatoms. The summed E-state index contributed by atoms with van der Waals surface area (Å²) >= 11 is 8.24. The number of rotatable bonds is 2. The highest BCUT2D eigenvalue weighted by atomic mass is 127. The lowest BCUT2D eigenvalue weighted by Crippen LogP contribution is -1.95. The molecule has 0 saturated heterocycles. The molecule has 0 atom stereocenters. The smallest absolute Gasteiger partial charge is 0.0469 e. The molecule has 0 radical (unpaired) electrons. The molecule has 2 N–H and O–H groups in total. The fourth-order valence-corrected chi connectivity index (χ4v) is 2.29. The summed E-state index contributed by atoms with van der Waals surface area (Å²) in [5, 5.41) is 0.793. The Balaban J connectivity index is 3.10. The number of nitrogens with two attached hydrogens (primary N) is 1. The fourth-order valence-electron chi connectivity index (χ4n) is 1.14. The van der Waals surface area contributed by atoms with E-state index in [1.165, 1.54) is 0 Å². The zero-order valence-corrected chi connectivity index (χ0v) is 9.82. The van der Waals surface area contributed by atoms with Gasteiger partial charge in [0.25, 0.3) is 0 Å². The summed E-state index contributed by atoms with van der Waals surface area (Å²) in [6.07, 6.45) is 2.03. The van der Waals surface area contributed by atoms with Crippen LogP contribution in [0.25, 0.3) is 0 Å². The molecule has 0 amide bonds. The van der Waals surface area contributed by atoms with E-state index < -0.39 is 0 Å². The van der Waals surface area contributed by atoms with E-state index in [9.17, 15) is 0 Å². The summed E-state index contributed by atoms with van der Waals surface area (Å²) in [5.74, 6) is 0. The highest BCUT2D eigenvalue weighted by molar-refractivity contribution is 14.1. The zero-order chi connectivity index (χ0) is 9.14. The molecule has 0 saturated carbocycles. The van der Waals surface area contributed by atoms with Crippen LogP contribution in [0.2, 0.25) is 5.02 Å². The second kappa shape index (κ2) is 4.33. The first-order valence-electron chi connectivity index (χ1n) is 3.88. The van der Waals surface area contributed by atoms with Gasteiger partial charge in [-0.2, -0.15) is 0 Å². The van der Waals surface area contributed by atoms with Crippen LogP contribution in [-0.2, 0) is 6.42 Å². The van der Waals surface area contributed by atoms with E-state index in [0.29, 0.717) is 0 Å². The van der Waals surface area contributed by atoms with Crippen LogP contribution in [0, 0.1) is 3.57 Å². The SMILES string of the molecule is CCCc1c(N)cc(I)cc1Cl. The number of benzene rings is 1. The maximum atomic E-state index is 6.03. The Morgan fingerprint density at radius 3 is 2.67 bits per heavy atom. The Hall–Kier alpha value is 0.0400. The molecule has 0 aliphatic heterocycles. The molecule has 0 spiro atoms. The van der Waals surface area contributed by atoms with Crippen molar-refractivity contribution in [2.75, 3.05) is 5.73 Å². The van der Waals surface area contributed by atoms with E-state index in [-0.39, 0.29) is 0 Å². The largest absolute Gasteiger partial charge is 0.398 e. The van der Waals surface area contributed by atoms with Crippen molar-refractivity contribution in [3.8, 4) is 0 Å². The third-order valence-electron chi connectivity index (χ3n) is 1.69. The van der Waals surface area contributed by atoms with E-state index in [1.54, 1.807) is 0 Å². The molecule has 66 valence electrons. The van der Waals surface area contributed by atoms with E-state index in [1.807, 2.05) is 12.1 Å². The molecule has 1 aromatic carbocycles. The lowest BCUT2D eigenvalue weighted by Gasteiger charge is -2.06. The van der Waals surface area contributed by atoms with Gasteiger partial charge in [-0.25, -0.2) is 0 Å². The summed E-state index contributed by atoms with van der Waals surface area (Å²) in [4.78, 5) is 0. The van der Waals surface area contributed by atoms with Crippen LogP contribution < -0.4 is 5.73 Å². The first-order chi connectivity index (χ1) is 5.65. The van der Waals surface area contributed by atoms with Gasteiger partial charge in [-0.3, -0.25) is 0 Å². The van der Waals surface area contributed by atoms with Crippen LogP contribution in [0.15, 0.2) is 12.1 Å². The second-order valence-corrected chi connectivity index (χ2v) is 4.36. The van der Waals surface area contributed by atoms with Gasteiger partial charge in [-0.05, 0) is 46.7 Å². The van der Waals surface area contributed by atoms with E-state index in [2.05, 4.69) is 29.5 Å². The Bertz CT molecular complexity index is 263. The Labute approximate surface area is 91.4 Å². The maximum Gasteiger partial charge on any atom is 0.0469 e. The Kier molecular flexibility index (Phi) is 3.65. The Morgan fingerprint density at radius 1 is 1.50 bits per heavy atom. The van der Waals surface area contributed by atoms with Gasteiger partial charge in [0.1, 0.15) is 0 Å². The van der Waals surface area contributed by atoms with Crippen LogP contribution in [0.1, 0.15) is 18.9 Å². The molecule has 12 heavy (non-hydrogen) atoms. The molecule has 0 unspecified atom stereocenters. The second-order valence-electron chi connectivity index (χ2n) is 2.71. The molecule has 1 nitrogen and oxygen atoms in total. The van der Waals surface area contributed by atoms with Crippen LogP contribution in [0.5, 0.6) is 0 Å². The predicted molar refractivity (Wildman–Crippen MR) is 62.6 cm³/mol. The van der Waals surface area contributed by atoms with Crippen molar-refractivity contribution < 1.29 is 0 Å². The molecule has 0 aliphatic carbocycles. The summed E-state index contributed by atoms with van der Waals surface area (Å²) in [7, 11) is 0. The van der Waals surface area contributed by atoms with E-state index in [4.69, 9.17) is 17.3 Å². The summed E-state index contributed by atoms with van der Waals surface area (Å²) < 4.78 is 1.09. The van der Waals surface area contributed by atoms with Gasteiger partial charge in [0.15, 0.2) is 0 Å². The van der Waals surface area contributed by atoms with Crippen molar-refractivity contribution in [3.05, 3.63) is 26.3 Å². The highest BCUT2D eigenvalue weighted by Crippen LogP contribution is 2.26.